The van der Waals surface area contributed by atoms with Crippen LogP contribution in [0, 0.1) is 0 Å². The molecule has 0 unspecified atom stereocenters. The first-order valence-electron chi connectivity index (χ1n) is 4.77. The van der Waals surface area contributed by atoms with Gasteiger partial charge in [-0.05, 0) is 12.5 Å². The summed E-state index contributed by atoms with van der Waals surface area (Å²) in [5, 5.41) is 0. The van der Waals surface area contributed by atoms with Gasteiger partial charge in [-0.25, -0.2) is 0 Å². The van der Waals surface area contributed by atoms with E-state index in [0.29, 0.717) is 12.4 Å². The molecule has 0 atom stereocenters. The molecule has 0 N–H and O–H groups in total. The van der Waals surface area contributed by atoms with E-state index in [0.717, 1.165) is 5.75 Å². The third-order valence-electron chi connectivity index (χ3n) is 1.63. The number of carbonyl (C=O) groups is 1. The van der Waals surface area contributed by atoms with Crippen LogP contribution in [0.2, 0.25) is 0 Å². The highest BCUT2D eigenvalue weighted by Crippen LogP contribution is 2.25. The fourth-order valence-electron chi connectivity index (χ4n) is 0.976. The lowest BCUT2D eigenvalue weighted by Gasteiger charge is -2.01. The summed E-state index contributed by atoms with van der Waals surface area (Å²) in [4.78, 5) is 11.0. The minimum absolute atomic E-state index is 0.136. The minimum Gasteiger partial charge on any atom is -0.465 e. The Morgan fingerprint density at radius 1 is 1.27 bits per heavy atom. The van der Waals surface area contributed by atoms with E-state index in [1.165, 1.54) is 16.4 Å². The van der Waals surface area contributed by atoms with Crippen LogP contribution in [0.15, 0.2) is 30.3 Å². The highest BCUT2D eigenvalue weighted by molar-refractivity contribution is 8.76. The second kappa shape index (κ2) is 7.65. The van der Waals surface area contributed by atoms with Crippen molar-refractivity contribution in [3.63, 3.8) is 0 Å². The van der Waals surface area contributed by atoms with Gasteiger partial charge in [0.2, 0.25) is 0 Å². The molecule has 0 aliphatic heterocycles. The van der Waals surface area contributed by atoms with E-state index in [-0.39, 0.29) is 5.97 Å². The second-order valence-corrected chi connectivity index (χ2v) is 5.28. The molecule has 0 aliphatic rings. The van der Waals surface area contributed by atoms with Gasteiger partial charge in [0.05, 0.1) is 6.61 Å². The molecular weight excluding hydrogens is 228 g/mol. The first-order valence-corrected chi connectivity index (χ1v) is 7.25. The second-order valence-electron chi connectivity index (χ2n) is 2.81. The quantitative estimate of drug-likeness (QED) is 0.435. The van der Waals surface area contributed by atoms with E-state index < -0.39 is 0 Å². The Balaban J connectivity index is 2.10. The van der Waals surface area contributed by atoms with E-state index in [1.54, 1.807) is 10.8 Å². The summed E-state index contributed by atoms with van der Waals surface area (Å²) in [6.07, 6.45) is 0. The highest BCUT2D eigenvalue weighted by Gasteiger charge is 2.01. The highest BCUT2D eigenvalue weighted by atomic mass is 33.1. The van der Waals surface area contributed by atoms with Gasteiger partial charge in [-0.15, -0.1) is 0 Å². The molecule has 15 heavy (non-hydrogen) atoms. The number of hydrogen-bond acceptors (Lipinski definition) is 4. The lowest BCUT2D eigenvalue weighted by molar-refractivity contribution is -0.139. The molecule has 0 saturated heterocycles. The van der Waals surface area contributed by atoms with Gasteiger partial charge in [-0.2, -0.15) is 0 Å². The average Bonchev–Trinajstić information content (AvgIpc) is 2.26. The molecule has 82 valence electrons. The van der Waals surface area contributed by atoms with Crippen LogP contribution >= 0.6 is 21.6 Å². The lowest BCUT2D eigenvalue weighted by Crippen LogP contribution is -2.05. The van der Waals surface area contributed by atoms with Gasteiger partial charge < -0.3 is 4.74 Å². The van der Waals surface area contributed by atoms with Crippen molar-refractivity contribution in [1.82, 2.24) is 0 Å². The van der Waals surface area contributed by atoms with Gasteiger partial charge in [0.15, 0.2) is 0 Å². The van der Waals surface area contributed by atoms with Crippen molar-refractivity contribution >= 4 is 27.6 Å². The van der Waals surface area contributed by atoms with E-state index in [9.17, 15) is 4.79 Å². The predicted molar refractivity (Wildman–Crippen MR) is 66.8 cm³/mol. The first-order chi connectivity index (χ1) is 7.33. The van der Waals surface area contributed by atoms with Crippen LogP contribution in [0.4, 0.5) is 0 Å². The van der Waals surface area contributed by atoms with Crippen LogP contribution in [-0.2, 0) is 15.3 Å². The zero-order valence-corrected chi connectivity index (χ0v) is 10.3. The van der Waals surface area contributed by atoms with Gasteiger partial charge in [0.1, 0.15) is 5.75 Å². The SMILES string of the molecule is CCOC(=O)CSSCc1ccccc1. The van der Waals surface area contributed by atoms with Crippen molar-refractivity contribution in [2.45, 2.75) is 12.7 Å². The molecule has 1 aromatic rings. The molecule has 0 aromatic heterocycles. The number of ether oxygens (including phenoxy) is 1. The maximum Gasteiger partial charge on any atom is 0.316 e. The number of esters is 1. The fraction of sp³-hybridized carbons (Fsp3) is 0.364. The number of carbonyl (C=O) groups excluding carboxylic acids is 1. The van der Waals surface area contributed by atoms with E-state index in [1.807, 2.05) is 25.1 Å². The summed E-state index contributed by atoms with van der Waals surface area (Å²) in [6.45, 7) is 2.28. The summed E-state index contributed by atoms with van der Waals surface area (Å²) >= 11 is 0. The van der Waals surface area contributed by atoms with Crippen molar-refractivity contribution in [3.05, 3.63) is 35.9 Å². The maximum atomic E-state index is 11.0. The Morgan fingerprint density at radius 2 is 2.00 bits per heavy atom. The minimum atomic E-state index is -0.136. The molecule has 0 spiro atoms. The van der Waals surface area contributed by atoms with Gasteiger partial charge in [0, 0.05) is 5.75 Å². The maximum absolute atomic E-state index is 11.0. The third-order valence-corrected chi connectivity index (χ3v) is 3.81. The molecular formula is C11H14O2S2. The Kier molecular flexibility index (Phi) is 6.36. The van der Waals surface area contributed by atoms with Crippen molar-refractivity contribution < 1.29 is 9.53 Å². The summed E-state index contributed by atoms with van der Waals surface area (Å²) in [5.41, 5.74) is 1.28. The average molecular weight is 242 g/mol. The molecule has 1 rings (SSSR count). The van der Waals surface area contributed by atoms with Crippen LogP contribution in [-0.4, -0.2) is 18.3 Å². The zero-order chi connectivity index (χ0) is 10.9. The Labute approximate surface area is 98.2 Å². The fourth-order valence-corrected chi connectivity index (χ4v) is 2.85. The number of benzene rings is 1. The van der Waals surface area contributed by atoms with Gasteiger partial charge >= 0.3 is 5.97 Å². The molecule has 0 aliphatic carbocycles. The molecule has 0 heterocycles. The van der Waals surface area contributed by atoms with Crippen molar-refractivity contribution in [2.24, 2.45) is 0 Å². The van der Waals surface area contributed by atoms with Crippen LogP contribution in [0.5, 0.6) is 0 Å². The van der Waals surface area contributed by atoms with Crippen molar-refractivity contribution in [3.8, 4) is 0 Å². The van der Waals surface area contributed by atoms with Crippen LogP contribution in [0.25, 0.3) is 0 Å². The monoisotopic (exact) mass is 242 g/mol. The molecule has 0 saturated carbocycles. The van der Waals surface area contributed by atoms with Crippen LogP contribution in [0.1, 0.15) is 12.5 Å². The third kappa shape index (κ3) is 5.74. The Morgan fingerprint density at radius 3 is 2.67 bits per heavy atom. The van der Waals surface area contributed by atoms with Crippen molar-refractivity contribution in [1.29, 1.82) is 0 Å². The summed E-state index contributed by atoms with van der Waals surface area (Å²) in [7, 11) is 3.21. The molecule has 0 bridgehead atoms. The van der Waals surface area contributed by atoms with Crippen molar-refractivity contribution in [2.75, 3.05) is 12.4 Å². The molecule has 0 radical (unpaired) electrons. The Bertz CT molecular complexity index is 288. The molecule has 4 heteroatoms. The number of rotatable bonds is 6. The zero-order valence-electron chi connectivity index (χ0n) is 8.64. The molecule has 0 amide bonds. The first kappa shape index (κ1) is 12.5. The topological polar surface area (TPSA) is 26.3 Å². The van der Waals surface area contributed by atoms with Gasteiger partial charge in [0.25, 0.3) is 0 Å². The summed E-state index contributed by atoms with van der Waals surface area (Å²) in [6, 6.07) is 10.2. The standard InChI is InChI=1S/C11H14O2S2/c1-2-13-11(12)9-15-14-8-10-6-4-3-5-7-10/h3-7H,2,8-9H2,1H3. The number of hydrogen-bond donors (Lipinski definition) is 0. The summed E-state index contributed by atoms with van der Waals surface area (Å²) in [5.74, 6) is 1.21. The van der Waals surface area contributed by atoms with E-state index in [4.69, 9.17) is 4.74 Å². The molecule has 1 aromatic carbocycles. The molecule has 2 nitrogen and oxygen atoms in total. The van der Waals surface area contributed by atoms with Crippen LogP contribution in [0.3, 0.4) is 0 Å². The normalized spacial score (nSPS) is 9.93. The lowest BCUT2D eigenvalue weighted by atomic mass is 10.2. The largest absolute Gasteiger partial charge is 0.465 e. The Hall–Kier alpha value is -0.610. The van der Waals surface area contributed by atoms with E-state index >= 15 is 0 Å². The smallest absolute Gasteiger partial charge is 0.316 e. The van der Waals surface area contributed by atoms with Gasteiger partial charge in [-0.1, -0.05) is 51.9 Å². The molecule has 0 fully saturated rings. The predicted octanol–water partition coefficient (Wildman–Crippen LogP) is 3.13. The van der Waals surface area contributed by atoms with Gasteiger partial charge in [-0.3, -0.25) is 4.79 Å². The van der Waals surface area contributed by atoms with E-state index in [2.05, 4.69) is 12.1 Å². The summed E-state index contributed by atoms with van der Waals surface area (Å²) < 4.78 is 4.82. The van der Waals surface area contributed by atoms with Crippen LogP contribution < -0.4 is 0 Å².